The van der Waals surface area contributed by atoms with Crippen LogP contribution in [0, 0.1) is 5.92 Å². The Morgan fingerprint density at radius 1 is 1.17 bits per heavy atom. The predicted molar refractivity (Wildman–Crippen MR) is 81.1 cm³/mol. The van der Waals surface area contributed by atoms with Gasteiger partial charge in [0.15, 0.2) is 0 Å². The van der Waals surface area contributed by atoms with Crippen LogP contribution in [0.4, 0.5) is 13.2 Å². The van der Waals surface area contributed by atoms with E-state index in [1.807, 2.05) is 17.0 Å². The van der Waals surface area contributed by atoms with Gasteiger partial charge in [-0.2, -0.15) is 13.2 Å². The third-order valence-electron chi connectivity index (χ3n) is 4.05. The minimum Gasteiger partial charge on any atom is -0.481 e. The number of aliphatic carboxylic acids is 1. The van der Waals surface area contributed by atoms with Gasteiger partial charge in [-0.3, -0.25) is 14.7 Å². The van der Waals surface area contributed by atoms with E-state index in [-0.39, 0.29) is 5.92 Å². The molecule has 0 atom stereocenters. The van der Waals surface area contributed by atoms with Gasteiger partial charge >= 0.3 is 12.1 Å². The fourth-order valence-electron chi connectivity index (χ4n) is 2.63. The van der Waals surface area contributed by atoms with Gasteiger partial charge in [-0.1, -0.05) is 24.3 Å². The Bertz CT molecular complexity index is 721. The Morgan fingerprint density at radius 2 is 1.83 bits per heavy atom. The van der Waals surface area contributed by atoms with Gasteiger partial charge < -0.3 is 5.11 Å². The molecule has 1 aliphatic heterocycles. The SMILES string of the molecule is O=C(O)C1CN(Cc2ccc(-c3ccc(C(F)(F)F)cn3)cc2)C1. The maximum atomic E-state index is 12.5. The van der Waals surface area contributed by atoms with Crippen LogP contribution in [-0.2, 0) is 17.5 Å². The molecule has 1 saturated heterocycles. The smallest absolute Gasteiger partial charge is 0.417 e. The van der Waals surface area contributed by atoms with Crippen molar-refractivity contribution in [3.8, 4) is 11.3 Å². The van der Waals surface area contributed by atoms with E-state index in [0.29, 0.717) is 25.3 Å². The van der Waals surface area contributed by atoms with Crippen molar-refractivity contribution in [2.75, 3.05) is 13.1 Å². The lowest BCUT2D eigenvalue weighted by molar-refractivity contribution is -0.147. The minimum atomic E-state index is -4.39. The summed E-state index contributed by atoms with van der Waals surface area (Å²) in [5.41, 5.74) is 1.46. The third-order valence-corrected chi connectivity index (χ3v) is 4.05. The molecule has 1 aromatic heterocycles. The van der Waals surface area contributed by atoms with E-state index in [2.05, 4.69) is 4.98 Å². The summed E-state index contributed by atoms with van der Waals surface area (Å²) < 4.78 is 37.6. The van der Waals surface area contributed by atoms with Gasteiger partial charge in [-0.05, 0) is 17.7 Å². The second-order valence-corrected chi connectivity index (χ2v) is 5.86. The number of likely N-dealkylation sites (tertiary alicyclic amines) is 1. The van der Waals surface area contributed by atoms with Crippen LogP contribution in [-0.4, -0.2) is 34.0 Å². The summed E-state index contributed by atoms with van der Waals surface area (Å²) in [4.78, 5) is 16.7. The number of benzene rings is 1. The first-order valence-corrected chi connectivity index (χ1v) is 7.40. The van der Waals surface area contributed by atoms with E-state index in [1.165, 1.54) is 6.07 Å². The predicted octanol–water partition coefficient (Wildman–Crippen LogP) is 3.28. The number of carboxylic acid groups (broad SMARTS) is 1. The Kier molecular flexibility index (Phi) is 4.28. The molecule has 1 aromatic carbocycles. The van der Waals surface area contributed by atoms with Gasteiger partial charge in [0, 0.05) is 31.4 Å². The molecule has 0 aliphatic carbocycles. The average Bonchev–Trinajstić information content (AvgIpc) is 2.50. The zero-order valence-electron chi connectivity index (χ0n) is 12.6. The van der Waals surface area contributed by atoms with Crippen molar-refractivity contribution in [3.63, 3.8) is 0 Å². The van der Waals surface area contributed by atoms with Gasteiger partial charge in [0.1, 0.15) is 0 Å². The van der Waals surface area contributed by atoms with Crippen LogP contribution >= 0.6 is 0 Å². The molecule has 0 unspecified atom stereocenters. The van der Waals surface area contributed by atoms with E-state index in [0.717, 1.165) is 23.4 Å². The van der Waals surface area contributed by atoms with Crippen LogP contribution < -0.4 is 0 Å². The topological polar surface area (TPSA) is 53.4 Å². The highest BCUT2D eigenvalue weighted by Crippen LogP contribution is 2.30. The lowest BCUT2D eigenvalue weighted by Gasteiger charge is -2.36. The minimum absolute atomic E-state index is 0.291. The number of hydrogen-bond donors (Lipinski definition) is 1. The molecule has 0 bridgehead atoms. The summed E-state index contributed by atoms with van der Waals surface area (Å²) in [6, 6.07) is 9.73. The van der Waals surface area contributed by atoms with Crippen molar-refractivity contribution in [1.82, 2.24) is 9.88 Å². The Labute approximate surface area is 136 Å². The number of halogens is 3. The number of hydrogen-bond acceptors (Lipinski definition) is 3. The monoisotopic (exact) mass is 336 g/mol. The molecule has 24 heavy (non-hydrogen) atoms. The third kappa shape index (κ3) is 3.56. The van der Waals surface area contributed by atoms with Crippen LogP contribution in [0.2, 0.25) is 0 Å². The van der Waals surface area contributed by atoms with Crippen molar-refractivity contribution in [2.45, 2.75) is 12.7 Å². The highest BCUT2D eigenvalue weighted by molar-refractivity contribution is 5.71. The Morgan fingerprint density at radius 3 is 2.33 bits per heavy atom. The summed E-state index contributed by atoms with van der Waals surface area (Å²) >= 11 is 0. The maximum absolute atomic E-state index is 12.5. The second-order valence-electron chi connectivity index (χ2n) is 5.86. The number of alkyl halides is 3. The van der Waals surface area contributed by atoms with Gasteiger partial charge in [-0.15, -0.1) is 0 Å². The lowest BCUT2D eigenvalue weighted by Crippen LogP contribution is -2.49. The average molecular weight is 336 g/mol. The zero-order chi connectivity index (χ0) is 17.3. The molecule has 1 aliphatic rings. The van der Waals surface area contributed by atoms with E-state index >= 15 is 0 Å². The van der Waals surface area contributed by atoms with Crippen LogP contribution in [0.15, 0.2) is 42.6 Å². The fraction of sp³-hybridized carbons (Fsp3) is 0.294. The van der Waals surface area contributed by atoms with Crippen molar-refractivity contribution in [2.24, 2.45) is 5.92 Å². The maximum Gasteiger partial charge on any atom is 0.417 e. The van der Waals surface area contributed by atoms with E-state index < -0.39 is 17.7 Å². The van der Waals surface area contributed by atoms with E-state index in [9.17, 15) is 18.0 Å². The molecule has 7 heteroatoms. The van der Waals surface area contributed by atoms with Gasteiger partial charge in [0.05, 0.1) is 17.2 Å². The molecule has 1 N–H and O–H groups in total. The summed E-state index contributed by atoms with van der Waals surface area (Å²) in [6.45, 7) is 1.74. The first-order valence-electron chi connectivity index (χ1n) is 7.40. The number of aromatic nitrogens is 1. The van der Waals surface area contributed by atoms with Gasteiger partial charge in [0.2, 0.25) is 0 Å². The first kappa shape index (κ1) is 16.4. The molecule has 3 rings (SSSR count). The van der Waals surface area contributed by atoms with E-state index in [1.54, 1.807) is 12.1 Å². The summed E-state index contributed by atoms with van der Waals surface area (Å²) in [7, 11) is 0. The molecule has 0 saturated carbocycles. The largest absolute Gasteiger partial charge is 0.481 e. The number of carbonyl (C=O) groups is 1. The molecule has 0 spiro atoms. The zero-order valence-corrected chi connectivity index (χ0v) is 12.6. The molecule has 0 radical (unpaired) electrons. The fourth-order valence-corrected chi connectivity index (χ4v) is 2.63. The van der Waals surface area contributed by atoms with Crippen LogP contribution in [0.5, 0.6) is 0 Å². The second kappa shape index (κ2) is 6.24. The molecule has 2 aromatic rings. The first-order chi connectivity index (χ1) is 11.3. The van der Waals surface area contributed by atoms with Crippen LogP contribution in [0.25, 0.3) is 11.3 Å². The van der Waals surface area contributed by atoms with Gasteiger partial charge in [-0.25, -0.2) is 0 Å². The molecule has 1 fully saturated rings. The summed E-state index contributed by atoms with van der Waals surface area (Å²) in [5.74, 6) is -1.06. The quantitative estimate of drug-likeness (QED) is 0.931. The van der Waals surface area contributed by atoms with Crippen molar-refractivity contribution in [3.05, 3.63) is 53.7 Å². The van der Waals surface area contributed by atoms with E-state index in [4.69, 9.17) is 5.11 Å². The van der Waals surface area contributed by atoms with Crippen LogP contribution in [0.1, 0.15) is 11.1 Å². The van der Waals surface area contributed by atoms with Crippen LogP contribution in [0.3, 0.4) is 0 Å². The van der Waals surface area contributed by atoms with Crippen molar-refractivity contribution >= 4 is 5.97 Å². The number of nitrogens with zero attached hydrogens (tertiary/aromatic N) is 2. The van der Waals surface area contributed by atoms with Gasteiger partial charge in [0.25, 0.3) is 0 Å². The van der Waals surface area contributed by atoms with Crippen molar-refractivity contribution < 1.29 is 23.1 Å². The standard InChI is InChI=1S/C17H15F3N2O2/c18-17(19,20)14-5-6-15(21-7-14)12-3-1-11(2-4-12)8-22-9-13(10-22)16(23)24/h1-7,13H,8-10H2,(H,23,24). The number of rotatable bonds is 4. The highest BCUT2D eigenvalue weighted by atomic mass is 19.4. The lowest BCUT2D eigenvalue weighted by atomic mass is 9.99. The number of pyridine rings is 1. The molecular formula is C17H15F3N2O2. The normalized spacial score (nSPS) is 16.0. The molecule has 4 nitrogen and oxygen atoms in total. The molecule has 0 amide bonds. The highest BCUT2D eigenvalue weighted by Gasteiger charge is 2.32. The molecular weight excluding hydrogens is 321 g/mol. The Hall–Kier alpha value is -2.41. The summed E-state index contributed by atoms with van der Waals surface area (Å²) in [6.07, 6.45) is -3.56. The van der Waals surface area contributed by atoms with Crippen molar-refractivity contribution in [1.29, 1.82) is 0 Å². The Balaban J connectivity index is 1.63. The number of carboxylic acids is 1. The molecule has 126 valence electrons. The summed E-state index contributed by atoms with van der Waals surface area (Å²) in [5, 5.41) is 8.85. The molecule has 2 heterocycles.